The monoisotopic (exact) mass is 639 g/mol. The number of aromatic nitrogens is 4. The summed E-state index contributed by atoms with van der Waals surface area (Å²) in [6, 6.07) is 4.17. The van der Waals surface area contributed by atoms with E-state index < -0.39 is 29.7 Å². The predicted molar refractivity (Wildman–Crippen MR) is 169 cm³/mol. The summed E-state index contributed by atoms with van der Waals surface area (Å²) in [7, 11) is 0. The zero-order valence-electron chi connectivity index (χ0n) is 26.2. The van der Waals surface area contributed by atoms with Crippen LogP contribution in [-0.4, -0.2) is 91.3 Å². The first-order chi connectivity index (χ1) is 22.8. The highest BCUT2D eigenvalue weighted by atomic mass is 16.2. The van der Waals surface area contributed by atoms with Gasteiger partial charge in [0.25, 0.3) is 11.8 Å². The number of piperidine rings is 3. The molecule has 0 bridgehead atoms. The molecule has 14 heteroatoms. The quantitative estimate of drug-likeness (QED) is 0.366. The van der Waals surface area contributed by atoms with Crippen molar-refractivity contribution in [3.05, 3.63) is 65.4 Å². The Bertz CT molecular complexity index is 1740. The van der Waals surface area contributed by atoms with E-state index in [1.807, 2.05) is 22.7 Å². The molecule has 14 nitrogen and oxygen atoms in total. The van der Waals surface area contributed by atoms with Crippen molar-refractivity contribution in [2.75, 3.05) is 36.4 Å². The standard InChI is InChI=1S/C33H37N9O5/c1-20-15-34-18-27(37-20)39-11-7-22(8-12-39)31(45)40-13-9-23(10-14-40)41-19-21(17-36-41)16-35-25-4-2-3-24-29(25)33(47)42(32(24)46)26-5-6-28(43)38-30(26)44/h2-4,15,17-19,22-23,26,35H,5-14,16H2,1H3,(H,38,43,44). The Morgan fingerprint density at radius 3 is 2.49 bits per heavy atom. The second kappa shape index (κ2) is 12.6. The zero-order chi connectivity index (χ0) is 32.7. The topological polar surface area (TPSA) is 163 Å². The van der Waals surface area contributed by atoms with Crippen LogP contribution in [0.3, 0.4) is 0 Å². The van der Waals surface area contributed by atoms with Gasteiger partial charge in [0, 0.05) is 68.7 Å². The molecule has 3 saturated heterocycles. The van der Waals surface area contributed by atoms with Crippen molar-refractivity contribution in [3.63, 3.8) is 0 Å². The van der Waals surface area contributed by atoms with Crippen LogP contribution in [0.4, 0.5) is 11.5 Å². The molecule has 5 amide bonds. The Balaban J connectivity index is 0.918. The summed E-state index contributed by atoms with van der Waals surface area (Å²) >= 11 is 0. The number of hydrogen-bond donors (Lipinski definition) is 2. The number of carbonyl (C=O) groups excluding carboxylic acids is 5. The number of rotatable bonds is 7. The van der Waals surface area contributed by atoms with Gasteiger partial charge in [0.1, 0.15) is 11.9 Å². The predicted octanol–water partition coefficient (Wildman–Crippen LogP) is 2.07. The average molecular weight is 640 g/mol. The minimum Gasteiger partial charge on any atom is -0.380 e. The third-order valence-corrected chi connectivity index (χ3v) is 9.67. The van der Waals surface area contributed by atoms with Crippen LogP contribution < -0.4 is 15.5 Å². The lowest BCUT2D eigenvalue weighted by Crippen LogP contribution is -2.54. The molecule has 6 heterocycles. The summed E-state index contributed by atoms with van der Waals surface area (Å²) in [5, 5.41) is 10.1. The maximum atomic E-state index is 13.4. The van der Waals surface area contributed by atoms with E-state index in [9.17, 15) is 24.0 Å². The van der Waals surface area contributed by atoms with Gasteiger partial charge < -0.3 is 15.1 Å². The lowest BCUT2D eigenvalue weighted by Gasteiger charge is -2.37. The van der Waals surface area contributed by atoms with E-state index in [2.05, 4.69) is 30.6 Å². The van der Waals surface area contributed by atoms with Crippen LogP contribution in [0.15, 0.2) is 43.0 Å². The Morgan fingerprint density at radius 2 is 1.74 bits per heavy atom. The van der Waals surface area contributed by atoms with Crippen molar-refractivity contribution in [1.29, 1.82) is 0 Å². The van der Waals surface area contributed by atoms with Gasteiger partial charge in [-0.15, -0.1) is 0 Å². The molecule has 47 heavy (non-hydrogen) atoms. The number of imide groups is 2. The molecule has 2 aromatic heterocycles. The highest BCUT2D eigenvalue weighted by molar-refractivity contribution is 6.25. The Hall–Kier alpha value is -5.14. The summed E-state index contributed by atoms with van der Waals surface area (Å²) in [5.41, 5.74) is 2.74. The first kappa shape index (κ1) is 30.5. The largest absolute Gasteiger partial charge is 0.380 e. The number of nitrogens with one attached hydrogen (secondary N) is 2. The summed E-state index contributed by atoms with van der Waals surface area (Å²) in [4.78, 5) is 77.9. The van der Waals surface area contributed by atoms with Gasteiger partial charge >= 0.3 is 0 Å². The number of amides is 5. The van der Waals surface area contributed by atoms with Crippen molar-refractivity contribution in [1.82, 2.24) is 34.9 Å². The lowest BCUT2D eigenvalue weighted by atomic mass is 9.94. The third kappa shape index (κ3) is 5.95. The fraction of sp³-hybridized carbons (Fsp3) is 0.455. The molecule has 244 valence electrons. The molecule has 1 atom stereocenters. The van der Waals surface area contributed by atoms with Gasteiger partial charge in [0.05, 0.1) is 35.3 Å². The molecule has 0 radical (unpaired) electrons. The highest BCUT2D eigenvalue weighted by Gasteiger charge is 2.45. The van der Waals surface area contributed by atoms with Crippen LogP contribution in [-0.2, 0) is 20.9 Å². The summed E-state index contributed by atoms with van der Waals surface area (Å²) in [5.74, 6) is -0.995. The molecule has 1 aromatic carbocycles. The van der Waals surface area contributed by atoms with Gasteiger partial charge in [-0.05, 0) is 51.2 Å². The maximum absolute atomic E-state index is 13.4. The van der Waals surface area contributed by atoms with Crippen LogP contribution >= 0.6 is 0 Å². The second-order valence-corrected chi connectivity index (χ2v) is 12.7. The molecule has 0 aliphatic carbocycles. The van der Waals surface area contributed by atoms with E-state index in [0.717, 1.165) is 60.7 Å². The minimum atomic E-state index is -1.01. The fourth-order valence-electron chi connectivity index (χ4n) is 7.10. The van der Waals surface area contributed by atoms with Crippen molar-refractivity contribution in [3.8, 4) is 0 Å². The number of carbonyl (C=O) groups is 5. The van der Waals surface area contributed by atoms with E-state index in [1.165, 1.54) is 0 Å². The number of anilines is 2. The molecular formula is C33H37N9O5. The molecule has 0 spiro atoms. The van der Waals surface area contributed by atoms with E-state index in [-0.39, 0.29) is 41.8 Å². The van der Waals surface area contributed by atoms with Crippen LogP contribution in [0.5, 0.6) is 0 Å². The summed E-state index contributed by atoms with van der Waals surface area (Å²) in [6.45, 7) is 5.28. The molecule has 7 rings (SSSR count). The first-order valence-corrected chi connectivity index (χ1v) is 16.2. The number of nitrogens with zero attached hydrogens (tertiary/aromatic N) is 7. The maximum Gasteiger partial charge on any atom is 0.264 e. The van der Waals surface area contributed by atoms with Gasteiger partial charge in [0.15, 0.2) is 0 Å². The zero-order valence-corrected chi connectivity index (χ0v) is 26.2. The Kier molecular flexibility index (Phi) is 8.16. The van der Waals surface area contributed by atoms with Crippen molar-refractivity contribution in [2.24, 2.45) is 5.92 Å². The van der Waals surface area contributed by atoms with Gasteiger partial charge in [-0.3, -0.25) is 43.9 Å². The lowest BCUT2D eigenvalue weighted by molar-refractivity contribution is -0.138. The van der Waals surface area contributed by atoms with Crippen molar-refractivity contribution >= 4 is 41.0 Å². The molecule has 2 N–H and O–H groups in total. The third-order valence-electron chi connectivity index (χ3n) is 9.67. The minimum absolute atomic E-state index is 0.0284. The van der Waals surface area contributed by atoms with Crippen LogP contribution in [0.25, 0.3) is 0 Å². The number of aryl methyl sites for hydroxylation is 1. The SMILES string of the molecule is Cc1cncc(N2CCC(C(=O)N3CCC(n4cc(CNc5cccc6c5C(=O)N(C5CCC(=O)NC5=O)C6=O)cn4)CC3)CC2)n1. The highest BCUT2D eigenvalue weighted by Crippen LogP contribution is 2.33. The van der Waals surface area contributed by atoms with Gasteiger partial charge in [-0.2, -0.15) is 5.10 Å². The van der Waals surface area contributed by atoms with E-state index >= 15 is 0 Å². The van der Waals surface area contributed by atoms with E-state index in [1.54, 1.807) is 36.8 Å². The molecule has 4 aliphatic rings. The van der Waals surface area contributed by atoms with Gasteiger partial charge in [-0.1, -0.05) is 6.07 Å². The number of hydrogen-bond acceptors (Lipinski definition) is 10. The number of benzene rings is 1. The molecule has 4 aliphatic heterocycles. The normalized spacial score (nSPS) is 20.9. The number of fused-ring (bicyclic) bond motifs is 1. The van der Waals surface area contributed by atoms with Crippen LogP contribution in [0.2, 0.25) is 0 Å². The Morgan fingerprint density at radius 1 is 0.957 bits per heavy atom. The summed E-state index contributed by atoms with van der Waals surface area (Å²) < 4.78 is 1.95. The summed E-state index contributed by atoms with van der Waals surface area (Å²) in [6.07, 6.45) is 10.7. The van der Waals surface area contributed by atoms with Crippen LogP contribution in [0, 0.1) is 12.8 Å². The van der Waals surface area contributed by atoms with Gasteiger partial charge in [-0.25, -0.2) is 4.98 Å². The molecule has 3 fully saturated rings. The second-order valence-electron chi connectivity index (χ2n) is 12.7. The van der Waals surface area contributed by atoms with E-state index in [4.69, 9.17) is 0 Å². The van der Waals surface area contributed by atoms with Gasteiger partial charge in [0.2, 0.25) is 17.7 Å². The molecular weight excluding hydrogens is 602 g/mol. The molecule has 3 aromatic rings. The first-order valence-electron chi connectivity index (χ1n) is 16.2. The molecule has 1 unspecified atom stereocenters. The average Bonchev–Trinajstić information content (AvgIpc) is 3.66. The Labute approximate surface area is 271 Å². The fourth-order valence-corrected chi connectivity index (χ4v) is 7.10. The van der Waals surface area contributed by atoms with E-state index in [0.29, 0.717) is 25.3 Å². The molecule has 0 saturated carbocycles. The smallest absolute Gasteiger partial charge is 0.264 e. The van der Waals surface area contributed by atoms with Crippen molar-refractivity contribution in [2.45, 2.75) is 64.1 Å². The van der Waals surface area contributed by atoms with Crippen LogP contribution in [0.1, 0.15) is 76.5 Å². The number of likely N-dealkylation sites (tertiary alicyclic amines) is 1. The van der Waals surface area contributed by atoms with Crippen molar-refractivity contribution < 1.29 is 24.0 Å².